The molecule has 0 radical (unpaired) electrons. The van der Waals surface area contributed by atoms with Gasteiger partial charge in [0.1, 0.15) is 11.5 Å². The van der Waals surface area contributed by atoms with E-state index in [1.165, 1.54) is 13.2 Å². The Kier molecular flexibility index (Phi) is 9.20. The van der Waals surface area contributed by atoms with Crippen LogP contribution in [0.1, 0.15) is 21.5 Å². The van der Waals surface area contributed by atoms with Crippen molar-refractivity contribution < 1.29 is 29.0 Å². The lowest BCUT2D eigenvalue weighted by Gasteiger charge is -2.11. The van der Waals surface area contributed by atoms with E-state index >= 15 is 0 Å². The Hall–Kier alpha value is -4.76. The summed E-state index contributed by atoms with van der Waals surface area (Å²) in [5, 5.41) is 14.7. The number of aromatic carboxylic acids is 1. The minimum atomic E-state index is -1.10. The lowest BCUT2D eigenvalue weighted by Crippen LogP contribution is -2.16. The summed E-state index contributed by atoms with van der Waals surface area (Å²) in [5.41, 5.74) is 2.76. The topological polar surface area (TPSA) is 114 Å². The Morgan fingerprint density at radius 2 is 1.38 bits per heavy atom. The number of hydrogen-bond acceptors (Lipinski definition) is 6. The van der Waals surface area contributed by atoms with Crippen LogP contribution in [-0.4, -0.2) is 30.2 Å². The van der Waals surface area contributed by atoms with Crippen molar-refractivity contribution in [2.75, 3.05) is 17.7 Å². The Bertz CT molecular complexity index is 1460. The molecule has 0 fully saturated rings. The van der Waals surface area contributed by atoms with E-state index in [2.05, 4.69) is 15.4 Å². The van der Waals surface area contributed by atoms with Gasteiger partial charge in [-0.1, -0.05) is 42.5 Å². The summed E-state index contributed by atoms with van der Waals surface area (Å²) >= 11 is 1.63. The van der Waals surface area contributed by atoms with Gasteiger partial charge in [-0.05, 0) is 65.7 Å². The fourth-order valence-corrected chi connectivity index (χ4v) is 4.57. The third-order valence-electron chi connectivity index (χ3n) is 5.61. The molecule has 0 atom stereocenters. The van der Waals surface area contributed by atoms with E-state index in [-0.39, 0.29) is 23.6 Å². The highest BCUT2D eigenvalue weighted by Crippen LogP contribution is 2.29. The number of ether oxygens (including phenoxy) is 2. The normalized spacial score (nSPS) is 10.4. The fourth-order valence-electron chi connectivity index (χ4n) is 3.66. The van der Waals surface area contributed by atoms with E-state index in [9.17, 15) is 19.5 Å². The maximum absolute atomic E-state index is 12.4. The molecule has 4 rings (SSSR count). The number of rotatable bonds is 10. The van der Waals surface area contributed by atoms with E-state index in [0.29, 0.717) is 22.9 Å². The molecule has 198 valence electrons. The third kappa shape index (κ3) is 7.86. The zero-order chi connectivity index (χ0) is 27.6. The van der Waals surface area contributed by atoms with E-state index in [1.807, 2.05) is 48.5 Å². The average Bonchev–Trinajstić information content (AvgIpc) is 2.94. The second kappa shape index (κ2) is 13.2. The Morgan fingerprint density at radius 3 is 2.05 bits per heavy atom. The van der Waals surface area contributed by atoms with Crippen LogP contribution in [0.3, 0.4) is 0 Å². The zero-order valence-electron chi connectivity index (χ0n) is 21.0. The third-order valence-corrected chi connectivity index (χ3v) is 6.67. The number of amides is 2. The van der Waals surface area contributed by atoms with Crippen LogP contribution in [0.5, 0.6) is 11.5 Å². The van der Waals surface area contributed by atoms with Gasteiger partial charge in [-0.15, -0.1) is 11.8 Å². The van der Waals surface area contributed by atoms with Gasteiger partial charge >= 0.3 is 12.1 Å². The molecular formula is C30H26N2O6S. The van der Waals surface area contributed by atoms with Crippen molar-refractivity contribution in [1.82, 2.24) is 0 Å². The highest BCUT2D eigenvalue weighted by molar-refractivity contribution is 7.98. The van der Waals surface area contributed by atoms with Gasteiger partial charge in [0.2, 0.25) is 5.91 Å². The van der Waals surface area contributed by atoms with Crippen molar-refractivity contribution in [3.05, 3.63) is 114 Å². The summed E-state index contributed by atoms with van der Waals surface area (Å²) in [6.07, 6.45) is -0.412. The number of carboxylic acids is 1. The molecule has 0 bridgehead atoms. The van der Waals surface area contributed by atoms with Crippen molar-refractivity contribution >= 4 is 41.1 Å². The molecule has 0 saturated carbocycles. The number of benzene rings is 4. The molecule has 2 amide bonds. The molecule has 0 aromatic heterocycles. The predicted molar refractivity (Wildman–Crippen MR) is 151 cm³/mol. The minimum Gasteiger partial charge on any atom is -0.478 e. The predicted octanol–water partition coefficient (Wildman–Crippen LogP) is 6.83. The molecule has 3 N–H and O–H groups in total. The van der Waals surface area contributed by atoms with Gasteiger partial charge in [-0.25, -0.2) is 9.59 Å². The molecule has 8 nitrogen and oxygen atoms in total. The van der Waals surface area contributed by atoms with E-state index in [4.69, 9.17) is 4.74 Å². The van der Waals surface area contributed by atoms with Crippen LogP contribution in [0, 0.1) is 0 Å². The van der Waals surface area contributed by atoms with Crippen LogP contribution >= 0.6 is 11.8 Å². The standard InChI is InChI=1S/C30H26N2O6S/c1-37-30(36)32-26-8-4-2-6-21(26)19-39-24-16-14-23(15-17-24)38-22-12-10-20(11-13-22)18-28(33)31-27-9-5-3-7-25(27)29(34)35/h2-17H,18-19H2,1H3,(H,31,33)(H,32,36)(H,34,35). The first-order valence-corrected chi connectivity index (χ1v) is 12.9. The molecule has 9 heteroatoms. The Balaban J connectivity index is 1.29. The molecule has 39 heavy (non-hydrogen) atoms. The molecule has 0 aliphatic rings. The van der Waals surface area contributed by atoms with Crippen molar-refractivity contribution in [2.45, 2.75) is 17.1 Å². The summed E-state index contributed by atoms with van der Waals surface area (Å²) in [4.78, 5) is 36.4. The number of hydrogen-bond donors (Lipinski definition) is 3. The van der Waals surface area contributed by atoms with Crippen molar-refractivity contribution in [3.8, 4) is 11.5 Å². The molecule has 0 heterocycles. The SMILES string of the molecule is COC(=O)Nc1ccccc1CSc1ccc(Oc2ccc(CC(=O)Nc3ccccc3C(=O)O)cc2)cc1. The number of thioether (sulfide) groups is 1. The number of anilines is 2. The van der Waals surface area contributed by atoms with E-state index in [1.54, 1.807) is 54.2 Å². The smallest absolute Gasteiger partial charge is 0.411 e. The van der Waals surface area contributed by atoms with Gasteiger partial charge in [-0.3, -0.25) is 10.1 Å². The molecule has 0 saturated heterocycles. The van der Waals surface area contributed by atoms with Crippen LogP contribution in [0.4, 0.5) is 16.2 Å². The molecular weight excluding hydrogens is 516 g/mol. The average molecular weight is 543 g/mol. The molecule has 0 aliphatic heterocycles. The fraction of sp³-hybridized carbons (Fsp3) is 0.100. The maximum atomic E-state index is 12.4. The summed E-state index contributed by atoms with van der Waals surface area (Å²) in [7, 11) is 1.33. The first kappa shape index (κ1) is 27.3. The highest BCUT2D eigenvalue weighted by atomic mass is 32.2. The lowest BCUT2D eigenvalue weighted by atomic mass is 10.1. The van der Waals surface area contributed by atoms with Crippen molar-refractivity contribution in [2.24, 2.45) is 0 Å². The Morgan fingerprint density at radius 1 is 0.769 bits per heavy atom. The molecule has 0 unspecified atom stereocenters. The number of para-hydroxylation sites is 2. The van der Waals surface area contributed by atoms with Gasteiger partial charge in [0, 0.05) is 16.3 Å². The van der Waals surface area contributed by atoms with Gasteiger partial charge in [-0.2, -0.15) is 0 Å². The van der Waals surface area contributed by atoms with Crippen molar-refractivity contribution in [1.29, 1.82) is 0 Å². The Labute approximate surface area is 230 Å². The van der Waals surface area contributed by atoms with Gasteiger partial charge in [0.05, 0.1) is 24.8 Å². The first-order valence-electron chi connectivity index (χ1n) is 12.0. The molecule has 0 aliphatic carbocycles. The van der Waals surface area contributed by atoms with Crippen LogP contribution in [0.25, 0.3) is 0 Å². The second-order valence-electron chi connectivity index (χ2n) is 8.36. The van der Waals surface area contributed by atoms with Crippen LogP contribution in [0.15, 0.2) is 102 Å². The summed E-state index contributed by atoms with van der Waals surface area (Å²) in [6, 6.07) is 28.7. The van der Waals surface area contributed by atoms with E-state index < -0.39 is 12.1 Å². The monoisotopic (exact) mass is 542 g/mol. The van der Waals surface area contributed by atoms with Crippen LogP contribution in [-0.2, 0) is 21.7 Å². The highest BCUT2D eigenvalue weighted by Gasteiger charge is 2.12. The summed E-state index contributed by atoms with van der Waals surface area (Å²) in [5.74, 6) is 0.546. The molecule has 0 spiro atoms. The largest absolute Gasteiger partial charge is 0.478 e. The minimum absolute atomic E-state index is 0.0411. The zero-order valence-corrected chi connectivity index (χ0v) is 21.9. The summed E-state index contributed by atoms with van der Waals surface area (Å²) in [6.45, 7) is 0. The molecule has 4 aromatic carbocycles. The number of carbonyl (C=O) groups excluding carboxylic acids is 2. The maximum Gasteiger partial charge on any atom is 0.411 e. The van der Waals surface area contributed by atoms with Gasteiger partial charge in [0.15, 0.2) is 0 Å². The van der Waals surface area contributed by atoms with Crippen molar-refractivity contribution in [3.63, 3.8) is 0 Å². The van der Waals surface area contributed by atoms with Gasteiger partial charge < -0.3 is 19.9 Å². The number of methoxy groups -OCH3 is 1. The number of carboxylic acid groups (broad SMARTS) is 1. The van der Waals surface area contributed by atoms with E-state index in [0.717, 1.165) is 16.0 Å². The quantitative estimate of drug-likeness (QED) is 0.188. The second-order valence-corrected chi connectivity index (χ2v) is 9.40. The number of nitrogens with one attached hydrogen (secondary N) is 2. The van der Waals surface area contributed by atoms with Crippen LogP contribution < -0.4 is 15.4 Å². The van der Waals surface area contributed by atoms with Gasteiger partial charge in [0.25, 0.3) is 0 Å². The lowest BCUT2D eigenvalue weighted by molar-refractivity contribution is -0.115. The number of carbonyl (C=O) groups is 3. The summed E-state index contributed by atoms with van der Waals surface area (Å²) < 4.78 is 10.6. The first-order chi connectivity index (χ1) is 18.9. The molecule has 4 aromatic rings. The van der Waals surface area contributed by atoms with Crippen LogP contribution in [0.2, 0.25) is 0 Å².